The fourth-order valence-corrected chi connectivity index (χ4v) is 0. The van der Waals surface area contributed by atoms with Gasteiger partial charge in [-0.1, -0.05) is 0 Å². The molecule has 0 aromatic rings. The summed E-state index contributed by atoms with van der Waals surface area (Å²) in [5.74, 6) is 0. The van der Waals surface area contributed by atoms with Crippen molar-refractivity contribution in [1.29, 1.82) is 0 Å². The number of rotatable bonds is 0. The molecular formula is H3O2PZr. The molecule has 0 fully saturated rings. The summed E-state index contributed by atoms with van der Waals surface area (Å²) in [5, 5.41) is 0. The molecule has 0 aromatic heterocycles. The summed E-state index contributed by atoms with van der Waals surface area (Å²) in [5.41, 5.74) is 0. The molecule has 0 saturated heterocycles. The molecule has 1 atom stereocenters. The third-order valence-electron chi connectivity index (χ3n) is 0. The topological polar surface area (TPSA) is 57.0 Å². The molecule has 4 heavy (non-hydrogen) atoms. The van der Waals surface area contributed by atoms with Crippen LogP contribution in [-0.2, 0) is 37.2 Å². The molecule has 0 N–H and O–H groups in total. The van der Waals surface area contributed by atoms with E-state index in [2.05, 4.69) is 0 Å². The van der Waals surface area contributed by atoms with Gasteiger partial charge in [-0.05, 0) is 0 Å². The second-order valence-electron chi connectivity index (χ2n) is 0. The second kappa shape index (κ2) is 29.1. The minimum atomic E-state index is 0. The third kappa shape index (κ3) is 10.6. The van der Waals surface area contributed by atoms with Crippen molar-refractivity contribution in [3.05, 3.63) is 0 Å². The van der Waals surface area contributed by atoms with E-state index in [1.165, 1.54) is 0 Å². The summed E-state index contributed by atoms with van der Waals surface area (Å²) in [6.07, 6.45) is 0. The van der Waals surface area contributed by atoms with E-state index in [4.69, 9.17) is 0 Å². The Kier molecular flexibility index (Phi) is 449. The molecular weight excluding hydrogens is 154 g/mol. The first kappa shape index (κ1) is 61.7. The Morgan fingerprint density at radius 2 is 0.750 bits per heavy atom. The zero-order valence-corrected chi connectivity index (χ0v) is 5.90. The van der Waals surface area contributed by atoms with Crippen molar-refractivity contribution in [2.45, 2.75) is 0 Å². The van der Waals surface area contributed by atoms with Gasteiger partial charge in [-0.2, -0.15) is 9.90 Å². The molecule has 4 heteroatoms. The van der Waals surface area contributed by atoms with Crippen LogP contribution in [0.2, 0.25) is 0 Å². The molecule has 0 radical (unpaired) electrons. The first-order valence-electron chi connectivity index (χ1n) is 0. The largest absolute Gasteiger partial charge is 4.00 e. The van der Waals surface area contributed by atoms with Crippen molar-refractivity contribution >= 4 is 9.90 Å². The van der Waals surface area contributed by atoms with Crippen LogP contribution in [-0.4, -0.2) is 0 Å². The summed E-state index contributed by atoms with van der Waals surface area (Å²) in [6, 6.07) is 0. The van der Waals surface area contributed by atoms with E-state index in [-0.39, 0.29) is 47.1 Å². The Morgan fingerprint density at radius 1 is 0.750 bits per heavy atom. The Morgan fingerprint density at radius 3 is 0.750 bits per heavy atom. The molecule has 0 spiro atoms. The second-order valence-corrected chi connectivity index (χ2v) is 0. The summed E-state index contributed by atoms with van der Waals surface area (Å²) in [6.45, 7) is 0. The molecule has 0 bridgehead atoms. The fraction of sp³-hybridized carbons (Fsp3) is 0. The predicted octanol–water partition coefficient (Wildman–Crippen LogP) is -0.182. The average Bonchev–Trinajstić information content (AvgIpc) is 0. The van der Waals surface area contributed by atoms with Gasteiger partial charge in [0.2, 0.25) is 0 Å². The number of hydrogen-bond donors (Lipinski definition) is 0. The van der Waals surface area contributed by atoms with Gasteiger partial charge < -0.3 is 11.0 Å². The van der Waals surface area contributed by atoms with Crippen LogP contribution in [0.25, 0.3) is 0 Å². The van der Waals surface area contributed by atoms with E-state index < -0.39 is 0 Å². The zero-order valence-electron chi connectivity index (χ0n) is 2.02. The van der Waals surface area contributed by atoms with Gasteiger partial charge in [0.05, 0.1) is 0 Å². The number of hydrogen-bond acceptors (Lipinski definition) is 0. The van der Waals surface area contributed by atoms with E-state index in [1.807, 2.05) is 0 Å². The molecule has 0 aliphatic carbocycles. The first-order chi connectivity index (χ1) is 0. The maximum absolute atomic E-state index is 0. The molecule has 0 aromatic carbocycles. The van der Waals surface area contributed by atoms with Crippen molar-refractivity contribution < 1.29 is 37.2 Å². The fourth-order valence-electron chi connectivity index (χ4n) is 0. The maximum atomic E-state index is 0. The van der Waals surface area contributed by atoms with Gasteiger partial charge in [0.15, 0.2) is 0 Å². The van der Waals surface area contributed by atoms with Gasteiger partial charge in [0, 0.05) is 0 Å². The van der Waals surface area contributed by atoms with E-state index in [0.29, 0.717) is 0 Å². The molecule has 2 nitrogen and oxygen atoms in total. The predicted molar refractivity (Wildman–Crippen MR) is 12.5 cm³/mol. The van der Waals surface area contributed by atoms with E-state index in [1.54, 1.807) is 0 Å². The van der Waals surface area contributed by atoms with Gasteiger partial charge >= 0.3 is 26.2 Å². The smallest absolute Gasteiger partial charge is 2.00 e. The molecule has 0 amide bonds. The van der Waals surface area contributed by atoms with Gasteiger partial charge in [-0.15, -0.1) is 0 Å². The Labute approximate surface area is 47.3 Å². The minimum absolute atomic E-state index is 0. The molecule has 0 aliphatic heterocycles. The van der Waals surface area contributed by atoms with Crippen molar-refractivity contribution in [2.75, 3.05) is 0 Å². The molecule has 0 saturated carbocycles. The van der Waals surface area contributed by atoms with E-state index >= 15 is 0 Å². The van der Waals surface area contributed by atoms with Crippen molar-refractivity contribution in [3.8, 4) is 0 Å². The molecule has 0 heterocycles. The molecule has 0 aliphatic rings. The summed E-state index contributed by atoms with van der Waals surface area (Å²) >= 11 is 0. The van der Waals surface area contributed by atoms with Crippen LogP contribution >= 0.6 is 9.90 Å². The first-order valence-corrected chi connectivity index (χ1v) is 0. The Hall–Kier alpha value is 1.23. The van der Waals surface area contributed by atoms with Crippen LogP contribution in [0.4, 0.5) is 0 Å². The quantitative estimate of drug-likeness (QED) is 0.438. The van der Waals surface area contributed by atoms with Crippen LogP contribution in [0.3, 0.4) is 0 Å². The molecule has 0 rings (SSSR count). The Bertz CT molecular complexity index is 6.00. The van der Waals surface area contributed by atoms with Crippen molar-refractivity contribution in [2.24, 2.45) is 0 Å². The van der Waals surface area contributed by atoms with Crippen LogP contribution in [0.1, 0.15) is 0 Å². The van der Waals surface area contributed by atoms with Gasteiger partial charge in [-0.3, -0.25) is 0 Å². The Balaban J connectivity index is 0. The van der Waals surface area contributed by atoms with Crippen molar-refractivity contribution in [3.63, 3.8) is 0 Å². The normalized spacial score (nSPS) is 0. The zero-order chi connectivity index (χ0) is 0. The van der Waals surface area contributed by atoms with Gasteiger partial charge in [0.25, 0.3) is 0 Å². The third-order valence-corrected chi connectivity index (χ3v) is 0. The SMILES string of the molecule is P.[O-2].[O-2].[Zr+4]. The van der Waals surface area contributed by atoms with Gasteiger partial charge in [0.1, 0.15) is 0 Å². The van der Waals surface area contributed by atoms with Gasteiger partial charge in [-0.25, -0.2) is 0 Å². The van der Waals surface area contributed by atoms with E-state index in [9.17, 15) is 0 Å². The summed E-state index contributed by atoms with van der Waals surface area (Å²) < 4.78 is 0. The van der Waals surface area contributed by atoms with Crippen LogP contribution < -0.4 is 0 Å². The van der Waals surface area contributed by atoms with Crippen LogP contribution in [0.5, 0.6) is 0 Å². The molecule has 24 valence electrons. The van der Waals surface area contributed by atoms with Crippen LogP contribution in [0, 0.1) is 0 Å². The maximum Gasteiger partial charge on any atom is 4.00 e. The minimum Gasteiger partial charge on any atom is -2.00 e. The summed E-state index contributed by atoms with van der Waals surface area (Å²) in [4.78, 5) is 0. The monoisotopic (exact) mass is 156 g/mol. The van der Waals surface area contributed by atoms with Crippen LogP contribution in [0.15, 0.2) is 0 Å². The standard InChI is InChI=1S/2O.H3P.Zr/h;;1H3;/q2*-2;;+4. The van der Waals surface area contributed by atoms with E-state index in [0.717, 1.165) is 0 Å². The molecule has 1 unspecified atom stereocenters. The summed E-state index contributed by atoms with van der Waals surface area (Å²) in [7, 11) is 0. The average molecular weight is 157 g/mol. The van der Waals surface area contributed by atoms with Crippen molar-refractivity contribution in [1.82, 2.24) is 0 Å².